The molecule has 1 rings (SSSR count). The predicted molar refractivity (Wildman–Crippen MR) is 71.3 cm³/mol. The van der Waals surface area contributed by atoms with Crippen molar-refractivity contribution >= 4 is 29.6 Å². The Labute approximate surface area is 107 Å². The van der Waals surface area contributed by atoms with Crippen LogP contribution in [0.5, 0.6) is 0 Å². The molecule has 1 aromatic carbocycles. The fraction of sp³-hybridized carbons (Fsp3) is 0.462. The highest BCUT2D eigenvalue weighted by molar-refractivity contribution is 7.99. The van der Waals surface area contributed by atoms with Gasteiger partial charge in [-0.2, -0.15) is 0 Å². The molecule has 0 fully saturated rings. The highest BCUT2D eigenvalue weighted by Crippen LogP contribution is 2.23. The lowest BCUT2D eigenvalue weighted by atomic mass is 10.1. The van der Waals surface area contributed by atoms with Crippen LogP contribution in [0.4, 0.5) is 0 Å². The number of halogens is 1. The Kier molecular flexibility index (Phi) is 6.58. The summed E-state index contributed by atoms with van der Waals surface area (Å²) in [6.45, 7) is 2.15. The summed E-state index contributed by atoms with van der Waals surface area (Å²) in [6.07, 6.45) is 4.36. The monoisotopic (exact) mass is 256 g/mol. The van der Waals surface area contributed by atoms with Crippen molar-refractivity contribution in [1.29, 1.82) is 0 Å². The molecule has 0 radical (unpaired) electrons. The minimum Gasteiger partial charge on any atom is -0.303 e. The lowest BCUT2D eigenvalue weighted by molar-refractivity contribution is -0.110. The second kappa shape index (κ2) is 7.75. The molecule has 0 aromatic heterocycles. The maximum atomic E-state index is 10.9. The Bertz CT molecular complexity index is 310. The average Bonchev–Trinajstić information content (AvgIpc) is 2.32. The van der Waals surface area contributed by atoms with Gasteiger partial charge in [0.2, 0.25) is 0 Å². The molecule has 0 spiro atoms. The first-order chi connectivity index (χ1) is 7.76. The smallest absolute Gasteiger partial charge is 0.123 e. The quantitative estimate of drug-likeness (QED) is 0.530. The van der Waals surface area contributed by atoms with E-state index in [-0.39, 0.29) is 5.92 Å². The van der Waals surface area contributed by atoms with Crippen LogP contribution in [0.3, 0.4) is 0 Å². The van der Waals surface area contributed by atoms with E-state index in [1.165, 1.54) is 4.90 Å². The standard InChI is InChI=1S/C13H17ClOS/c1-2-3-4-11(9-15)10-16-13-7-5-12(14)6-8-13/h5-9,11H,2-4,10H2,1H3. The first-order valence-corrected chi connectivity index (χ1v) is 6.96. The van der Waals surface area contributed by atoms with Crippen LogP contribution in [0.2, 0.25) is 5.02 Å². The molecule has 0 bridgehead atoms. The van der Waals surface area contributed by atoms with E-state index >= 15 is 0 Å². The molecule has 1 atom stereocenters. The molecule has 0 heterocycles. The number of thioether (sulfide) groups is 1. The number of carbonyl (C=O) groups is 1. The van der Waals surface area contributed by atoms with Gasteiger partial charge in [0, 0.05) is 21.6 Å². The van der Waals surface area contributed by atoms with E-state index < -0.39 is 0 Å². The molecular weight excluding hydrogens is 240 g/mol. The average molecular weight is 257 g/mol. The molecule has 1 unspecified atom stereocenters. The van der Waals surface area contributed by atoms with E-state index in [1.54, 1.807) is 11.8 Å². The van der Waals surface area contributed by atoms with Crippen LogP contribution in [0.25, 0.3) is 0 Å². The lowest BCUT2D eigenvalue weighted by Gasteiger charge is -2.08. The molecule has 0 saturated heterocycles. The van der Waals surface area contributed by atoms with Crippen molar-refractivity contribution in [2.45, 2.75) is 31.1 Å². The zero-order valence-corrected chi connectivity index (χ0v) is 11.1. The second-order valence-electron chi connectivity index (χ2n) is 3.80. The topological polar surface area (TPSA) is 17.1 Å². The second-order valence-corrected chi connectivity index (χ2v) is 5.33. The first kappa shape index (κ1) is 13.6. The van der Waals surface area contributed by atoms with E-state index in [9.17, 15) is 4.79 Å². The molecule has 0 amide bonds. The van der Waals surface area contributed by atoms with Crippen LogP contribution in [0.1, 0.15) is 26.2 Å². The van der Waals surface area contributed by atoms with E-state index in [1.807, 2.05) is 24.3 Å². The molecule has 0 aliphatic carbocycles. The molecule has 88 valence electrons. The van der Waals surface area contributed by atoms with Crippen molar-refractivity contribution in [1.82, 2.24) is 0 Å². The van der Waals surface area contributed by atoms with Gasteiger partial charge in [-0.3, -0.25) is 0 Å². The molecule has 0 saturated carbocycles. The van der Waals surface area contributed by atoms with E-state index in [2.05, 4.69) is 6.92 Å². The van der Waals surface area contributed by atoms with Gasteiger partial charge in [0.15, 0.2) is 0 Å². The van der Waals surface area contributed by atoms with Gasteiger partial charge < -0.3 is 4.79 Å². The maximum absolute atomic E-state index is 10.9. The van der Waals surface area contributed by atoms with Gasteiger partial charge in [-0.15, -0.1) is 11.8 Å². The number of hydrogen-bond acceptors (Lipinski definition) is 2. The molecule has 3 heteroatoms. The summed E-state index contributed by atoms with van der Waals surface area (Å²) < 4.78 is 0. The molecule has 16 heavy (non-hydrogen) atoms. The third-order valence-corrected chi connectivity index (χ3v) is 3.85. The fourth-order valence-electron chi connectivity index (χ4n) is 1.39. The van der Waals surface area contributed by atoms with Gasteiger partial charge in [0.05, 0.1) is 0 Å². The van der Waals surface area contributed by atoms with Crippen LogP contribution < -0.4 is 0 Å². The SMILES string of the molecule is CCCCC(C=O)CSc1ccc(Cl)cc1. The molecule has 0 aliphatic rings. The number of rotatable bonds is 7. The van der Waals surface area contributed by atoms with Crippen molar-refractivity contribution in [2.75, 3.05) is 5.75 Å². The first-order valence-electron chi connectivity index (χ1n) is 5.60. The van der Waals surface area contributed by atoms with Crippen LogP contribution in [0.15, 0.2) is 29.2 Å². The number of unbranched alkanes of at least 4 members (excludes halogenated alkanes) is 1. The number of benzene rings is 1. The van der Waals surface area contributed by atoms with E-state index in [0.29, 0.717) is 0 Å². The van der Waals surface area contributed by atoms with Gasteiger partial charge >= 0.3 is 0 Å². The van der Waals surface area contributed by atoms with Gasteiger partial charge in [-0.1, -0.05) is 31.4 Å². The van der Waals surface area contributed by atoms with Crippen molar-refractivity contribution in [3.8, 4) is 0 Å². The third kappa shape index (κ3) is 5.04. The Morgan fingerprint density at radius 3 is 2.62 bits per heavy atom. The van der Waals surface area contributed by atoms with Crippen molar-refractivity contribution in [3.05, 3.63) is 29.3 Å². The summed E-state index contributed by atoms with van der Waals surface area (Å²) in [6, 6.07) is 7.75. The molecular formula is C13H17ClOS. The predicted octanol–water partition coefficient (Wildman–Crippen LogP) is 4.44. The summed E-state index contributed by atoms with van der Waals surface area (Å²) in [5.41, 5.74) is 0. The van der Waals surface area contributed by atoms with Crippen molar-refractivity contribution < 1.29 is 4.79 Å². The third-order valence-electron chi connectivity index (χ3n) is 2.40. The number of carbonyl (C=O) groups excluding carboxylic acids is 1. The highest BCUT2D eigenvalue weighted by atomic mass is 35.5. The molecule has 0 aliphatic heterocycles. The lowest BCUT2D eigenvalue weighted by Crippen LogP contribution is -2.04. The minimum absolute atomic E-state index is 0.181. The zero-order chi connectivity index (χ0) is 11.8. The Morgan fingerprint density at radius 1 is 1.38 bits per heavy atom. The van der Waals surface area contributed by atoms with Crippen LogP contribution in [-0.2, 0) is 4.79 Å². The van der Waals surface area contributed by atoms with Gasteiger partial charge in [-0.05, 0) is 30.7 Å². The van der Waals surface area contributed by atoms with Crippen molar-refractivity contribution in [2.24, 2.45) is 5.92 Å². The summed E-state index contributed by atoms with van der Waals surface area (Å²) in [4.78, 5) is 12.0. The minimum atomic E-state index is 0.181. The molecule has 1 aromatic rings. The summed E-state index contributed by atoms with van der Waals surface area (Å²) in [5.74, 6) is 1.05. The zero-order valence-electron chi connectivity index (χ0n) is 9.49. The summed E-state index contributed by atoms with van der Waals surface area (Å²) >= 11 is 7.53. The fourth-order valence-corrected chi connectivity index (χ4v) is 2.50. The number of aldehydes is 1. The molecule has 1 nitrogen and oxygen atoms in total. The van der Waals surface area contributed by atoms with Gasteiger partial charge in [-0.25, -0.2) is 0 Å². The summed E-state index contributed by atoms with van der Waals surface area (Å²) in [7, 11) is 0. The Morgan fingerprint density at radius 2 is 2.06 bits per heavy atom. The molecule has 0 N–H and O–H groups in total. The normalized spacial score (nSPS) is 12.4. The van der Waals surface area contributed by atoms with Crippen LogP contribution in [-0.4, -0.2) is 12.0 Å². The maximum Gasteiger partial charge on any atom is 0.123 e. The summed E-state index contributed by atoms with van der Waals surface area (Å²) in [5, 5.41) is 0.752. The van der Waals surface area contributed by atoms with Gasteiger partial charge in [0.1, 0.15) is 6.29 Å². The number of hydrogen-bond donors (Lipinski definition) is 0. The largest absolute Gasteiger partial charge is 0.303 e. The Balaban J connectivity index is 2.37. The van der Waals surface area contributed by atoms with E-state index in [4.69, 9.17) is 11.6 Å². The van der Waals surface area contributed by atoms with Crippen LogP contribution >= 0.6 is 23.4 Å². The highest BCUT2D eigenvalue weighted by Gasteiger charge is 2.07. The van der Waals surface area contributed by atoms with Gasteiger partial charge in [0.25, 0.3) is 0 Å². The van der Waals surface area contributed by atoms with Crippen LogP contribution in [0, 0.1) is 5.92 Å². The van der Waals surface area contributed by atoms with Crippen molar-refractivity contribution in [3.63, 3.8) is 0 Å². The Hall–Kier alpha value is -0.470. The van der Waals surface area contributed by atoms with E-state index in [0.717, 1.165) is 36.3 Å².